The number of nitrogens with zero attached hydrogens (tertiary/aromatic N) is 4. The van der Waals surface area contributed by atoms with Crippen LogP contribution in [0.25, 0.3) is 10.2 Å². The summed E-state index contributed by atoms with van der Waals surface area (Å²) in [4.78, 5) is 36.6. The molecule has 1 atom stereocenters. The second-order valence-electron chi connectivity index (χ2n) is 8.00. The molecule has 2 aromatic carbocycles. The molecule has 3 aromatic rings. The molecule has 4 rings (SSSR count). The third-order valence-electron chi connectivity index (χ3n) is 5.37. The van der Waals surface area contributed by atoms with Crippen molar-refractivity contribution in [2.24, 2.45) is 5.92 Å². The maximum atomic E-state index is 13.6. The van der Waals surface area contributed by atoms with Crippen LogP contribution in [-0.2, 0) is 9.59 Å². The first-order valence-corrected chi connectivity index (χ1v) is 11.9. The first-order chi connectivity index (χ1) is 14.9. The number of hydrogen-bond donors (Lipinski definition) is 0. The number of carbonyl (C=O) groups is 2. The number of carbonyl (C=O) groups excluding carboxylic acids is 2. The Bertz CT molecular complexity index is 1090. The monoisotopic (exact) mass is 500 g/mol. The van der Waals surface area contributed by atoms with E-state index in [2.05, 4.69) is 20.8 Å². The molecule has 1 aliphatic rings. The fourth-order valence-electron chi connectivity index (χ4n) is 3.80. The molecule has 1 fully saturated rings. The lowest BCUT2D eigenvalue weighted by molar-refractivity contribution is -0.124. The highest BCUT2D eigenvalue weighted by Gasteiger charge is 2.38. The second-order valence-corrected chi connectivity index (χ2v) is 9.92. The summed E-state index contributed by atoms with van der Waals surface area (Å²) < 4.78 is 2.02. The number of benzene rings is 2. The van der Waals surface area contributed by atoms with Crippen molar-refractivity contribution >= 4 is 60.1 Å². The smallest absolute Gasteiger partial charge is 0.234 e. The molecule has 0 radical (unpaired) electrons. The lowest BCUT2D eigenvalue weighted by Crippen LogP contribution is -2.39. The van der Waals surface area contributed by atoms with Gasteiger partial charge in [0.15, 0.2) is 5.13 Å². The van der Waals surface area contributed by atoms with E-state index in [0.717, 1.165) is 33.3 Å². The molecule has 1 aliphatic heterocycles. The van der Waals surface area contributed by atoms with Gasteiger partial charge in [-0.05, 0) is 57.4 Å². The van der Waals surface area contributed by atoms with Crippen molar-refractivity contribution in [3.63, 3.8) is 0 Å². The molecule has 6 nitrogen and oxygen atoms in total. The largest absolute Gasteiger partial charge is 0.312 e. The molecular formula is C23H25BrN4O2S. The van der Waals surface area contributed by atoms with E-state index < -0.39 is 0 Å². The molecule has 162 valence electrons. The minimum absolute atomic E-state index is 0.00831. The summed E-state index contributed by atoms with van der Waals surface area (Å²) in [6.45, 7) is 1.86. The summed E-state index contributed by atoms with van der Waals surface area (Å²) in [5.74, 6) is -0.402. The van der Waals surface area contributed by atoms with E-state index in [0.29, 0.717) is 18.2 Å². The maximum absolute atomic E-state index is 13.6. The zero-order valence-electron chi connectivity index (χ0n) is 17.6. The number of anilines is 2. The summed E-state index contributed by atoms with van der Waals surface area (Å²) in [7, 11) is 4.05. The van der Waals surface area contributed by atoms with E-state index in [-0.39, 0.29) is 24.2 Å². The van der Waals surface area contributed by atoms with E-state index >= 15 is 0 Å². The second kappa shape index (κ2) is 9.46. The molecular weight excluding hydrogens is 476 g/mol. The number of amides is 2. The van der Waals surface area contributed by atoms with Gasteiger partial charge >= 0.3 is 0 Å². The first kappa shape index (κ1) is 21.9. The molecule has 1 saturated heterocycles. The van der Waals surface area contributed by atoms with Crippen molar-refractivity contribution in [2.75, 3.05) is 43.5 Å². The molecule has 2 amide bonds. The van der Waals surface area contributed by atoms with Crippen LogP contribution in [0.4, 0.5) is 10.8 Å². The molecule has 0 bridgehead atoms. The molecule has 0 N–H and O–H groups in total. The zero-order chi connectivity index (χ0) is 22.0. The third-order valence-corrected chi connectivity index (χ3v) is 6.90. The molecule has 0 spiro atoms. The minimum Gasteiger partial charge on any atom is -0.312 e. The van der Waals surface area contributed by atoms with Crippen molar-refractivity contribution in [1.82, 2.24) is 9.88 Å². The van der Waals surface area contributed by atoms with E-state index in [9.17, 15) is 9.59 Å². The van der Waals surface area contributed by atoms with E-state index in [4.69, 9.17) is 4.98 Å². The first-order valence-electron chi connectivity index (χ1n) is 10.3. The van der Waals surface area contributed by atoms with Crippen molar-refractivity contribution in [2.45, 2.75) is 12.8 Å². The predicted octanol–water partition coefficient (Wildman–Crippen LogP) is 4.40. The standard InChI is InChI=1S/C23H25BrN4O2S/c1-26(2)11-6-12-27(23-25-19-10-9-17(24)14-20(19)31-23)22(30)16-13-21(29)28(15-16)18-7-4-3-5-8-18/h3-5,7-10,14,16H,6,11-13,15H2,1-2H3. The Kier molecular flexibility index (Phi) is 6.69. The summed E-state index contributed by atoms with van der Waals surface area (Å²) in [6.07, 6.45) is 1.07. The SMILES string of the molecule is CN(C)CCCN(C(=O)C1CC(=O)N(c2ccccc2)C1)c1nc2ccc(Br)cc2s1. The van der Waals surface area contributed by atoms with Gasteiger partial charge in [-0.3, -0.25) is 14.5 Å². The van der Waals surface area contributed by atoms with Gasteiger partial charge in [-0.15, -0.1) is 0 Å². The Morgan fingerprint density at radius 1 is 1.19 bits per heavy atom. The third kappa shape index (κ3) is 4.97. The fourth-order valence-corrected chi connectivity index (χ4v) is 5.35. The summed E-state index contributed by atoms with van der Waals surface area (Å²) >= 11 is 5.02. The number of hydrogen-bond acceptors (Lipinski definition) is 5. The van der Waals surface area contributed by atoms with Crippen LogP contribution in [0.15, 0.2) is 53.0 Å². The minimum atomic E-state index is -0.370. The molecule has 1 unspecified atom stereocenters. The Labute approximate surface area is 194 Å². The number of para-hydroxylation sites is 1. The molecule has 0 saturated carbocycles. The van der Waals surface area contributed by atoms with Crippen LogP contribution in [0.3, 0.4) is 0 Å². The van der Waals surface area contributed by atoms with Crippen LogP contribution >= 0.6 is 27.3 Å². The summed E-state index contributed by atoms with van der Waals surface area (Å²) in [5, 5.41) is 0.697. The van der Waals surface area contributed by atoms with Crippen LogP contribution in [0.5, 0.6) is 0 Å². The van der Waals surface area contributed by atoms with Crippen molar-refractivity contribution in [3.8, 4) is 0 Å². The van der Waals surface area contributed by atoms with Crippen LogP contribution < -0.4 is 9.80 Å². The van der Waals surface area contributed by atoms with Gasteiger partial charge in [-0.25, -0.2) is 4.98 Å². The van der Waals surface area contributed by atoms with Crippen LogP contribution in [-0.4, -0.2) is 55.4 Å². The normalized spacial score (nSPS) is 16.5. The molecule has 31 heavy (non-hydrogen) atoms. The lowest BCUT2D eigenvalue weighted by Gasteiger charge is -2.24. The molecule has 8 heteroatoms. The summed E-state index contributed by atoms with van der Waals surface area (Å²) in [6, 6.07) is 15.5. The van der Waals surface area contributed by atoms with Crippen molar-refractivity contribution < 1.29 is 9.59 Å². The zero-order valence-corrected chi connectivity index (χ0v) is 20.0. The van der Waals surface area contributed by atoms with Crippen LogP contribution in [0, 0.1) is 5.92 Å². The maximum Gasteiger partial charge on any atom is 0.234 e. The van der Waals surface area contributed by atoms with Gasteiger partial charge < -0.3 is 9.80 Å². The lowest BCUT2D eigenvalue weighted by atomic mass is 10.1. The average Bonchev–Trinajstić information content (AvgIpc) is 3.34. The number of rotatable bonds is 7. The Morgan fingerprint density at radius 2 is 1.97 bits per heavy atom. The fraction of sp³-hybridized carbons (Fsp3) is 0.348. The Hall–Kier alpha value is -2.29. The van der Waals surface area contributed by atoms with Gasteiger partial charge in [-0.2, -0.15) is 0 Å². The number of thiazole rings is 1. The molecule has 2 heterocycles. The average molecular weight is 501 g/mol. The highest BCUT2D eigenvalue weighted by atomic mass is 79.9. The van der Waals surface area contributed by atoms with E-state index in [1.165, 1.54) is 11.3 Å². The molecule has 0 aliphatic carbocycles. The number of aromatic nitrogens is 1. The van der Waals surface area contributed by atoms with Crippen LogP contribution in [0.1, 0.15) is 12.8 Å². The van der Waals surface area contributed by atoms with Gasteiger partial charge in [0.2, 0.25) is 11.8 Å². The van der Waals surface area contributed by atoms with Crippen LogP contribution in [0.2, 0.25) is 0 Å². The van der Waals surface area contributed by atoms with Gasteiger partial charge in [-0.1, -0.05) is 45.5 Å². The van der Waals surface area contributed by atoms with Gasteiger partial charge in [0.05, 0.1) is 16.1 Å². The highest BCUT2D eigenvalue weighted by molar-refractivity contribution is 9.10. The van der Waals surface area contributed by atoms with E-state index in [1.54, 1.807) is 9.80 Å². The molecule has 1 aromatic heterocycles. The van der Waals surface area contributed by atoms with E-state index in [1.807, 2.05) is 62.6 Å². The number of halogens is 1. The predicted molar refractivity (Wildman–Crippen MR) is 130 cm³/mol. The van der Waals surface area contributed by atoms with Gasteiger partial charge in [0.1, 0.15) is 0 Å². The number of fused-ring (bicyclic) bond motifs is 1. The van der Waals surface area contributed by atoms with Crippen molar-refractivity contribution in [3.05, 3.63) is 53.0 Å². The summed E-state index contributed by atoms with van der Waals surface area (Å²) in [5.41, 5.74) is 1.72. The quantitative estimate of drug-likeness (QED) is 0.482. The van der Waals surface area contributed by atoms with Gasteiger partial charge in [0, 0.05) is 29.7 Å². The van der Waals surface area contributed by atoms with Gasteiger partial charge in [0.25, 0.3) is 0 Å². The Morgan fingerprint density at radius 3 is 2.71 bits per heavy atom. The highest BCUT2D eigenvalue weighted by Crippen LogP contribution is 2.33. The topological polar surface area (TPSA) is 56.8 Å². The van der Waals surface area contributed by atoms with Crippen molar-refractivity contribution in [1.29, 1.82) is 0 Å². The Balaban J connectivity index is 1.58.